The molecule has 0 radical (unpaired) electrons. The second-order valence-electron chi connectivity index (χ2n) is 5.37. The molecule has 4 nitrogen and oxygen atoms in total. The first-order valence-corrected chi connectivity index (χ1v) is 8.75. The molecule has 0 saturated heterocycles. The van der Waals surface area contributed by atoms with Gasteiger partial charge in [-0.1, -0.05) is 44.2 Å². The van der Waals surface area contributed by atoms with Crippen LogP contribution in [0.5, 0.6) is 0 Å². The molecular weight excluding hydrogens is 272 g/mol. The monoisotopic (exact) mass is 298 g/mol. The first-order valence-electron chi connectivity index (χ1n) is 7.14. The Hall–Kier alpha value is -0.910. The minimum absolute atomic E-state index is 0.0312. The van der Waals surface area contributed by atoms with E-state index in [1.807, 2.05) is 51.1 Å². The van der Waals surface area contributed by atoms with Crippen LogP contribution in [0.15, 0.2) is 30.3 Å². The van der Waals surface area contributed by atoms with Crippen LogP contribution < -0.4 is 5.73 Å². The van der Waals surface area contributed by atoms with Gasteiger partial charge in [-0.15, -0.1) is 0 Å². The summed E-state index contributed by atoms with van der Waals surface area (Å²) in [5, 5.41) is 0. The summed E-state index contributed by atoms with van der Waals surface area (Å²) in [6.07, 6.45) is 1.49. The third-order valence-corrected chi connectivity index (χ3v) is 5.75. The van der Waals surface area contributed by atoms with E-state index in [0.717, 1.165) is 12.0 Å². The van der Waals surface area contributed by atoms with Crippen molar-refractivity contribution in [2.24, 2.45) is 5.73 Å². The number of benzene rings is 1. The molecule has 0 aromatic heterocycles. The smallest absolute Gasteiger partial charge is 0.218 e. The van der Waals surface area contributed by atoms with Gasteiger partial charge in [-0.05, 0) is 25.3 Å². The highest BCUT2D eigenvalue weighted by molar-refractivity contribution is 7.88. The van der Waals surface area contributed by atoms with Gasteiger partial charge < -0.3 is 5.73 Å². The van der Waals surface area contributed by atoms with Gasteiger partial charge in [-0.2, -0.15) is 4.31 Å². The lowest BCUT2D eigenvalue weighted by Gasteiger charge is -2.39. The van der Waals surface area contributed by atoms with Crippen LogP contribution >= 0.6 is 0 Å². The lowest BCUT2D eigenvalue weighted by molar-refractivity contribution is 0.206. The van der Waals surface area contributed by atoms with Gasteiger partial charge in [-0.25, -0.2) is 8.42 Å². The van der Waals surface area contributed by atoms with Crippen LogP contribution in [0.1, 0.15) is 39.2 Å². The van der Waals surface area contributed by atoms with E-state index >= 15 is 0 Å². The average Bonchev–Trinajstić information content (AvgIpc) is 2.44. The third kappa shape index (κ3) is 4.04. The summed E-state index contributed by atoms with van der Waals surface area (Å²) in [5.41, 5.74) is 6.13. The first-order chi connectivity index (χ1) is 9.39. The van der Waals surface area contributed by atoms with Crippen molar-refractivity contribution in [2.75, 3.05) is 13.1 Å². The van der Waals surface area contributed by atoms with Crippen molar-refractivity contribution in [1.82, 2.24) is 4.31 Å². The largest absolute Gasteiger partial charge is 0.329 e. The highest BCUT2D eigenvalue weighted by Crippen LogP contribution is 2.24. The molecule has 0 aliphatic rings. The Balaban J connectivity index is 3.06. The average molecular weight is 298 g/mol. The summed E-state index contributed by atoms with van der Waals surface area (Å²) in [7, 11) is -3.37. The predicted molar refractivity (Wildman–Crippen MR) is 83.8 cm³/mol. The van der Waals surface area contributed by atoms with Crippen LogP contribution in [0.25, 0.3) is 0 Å². The minimum atomic E-state index is -3.37. The molecular formula is C15H26N2O2S. The number of hydrogen-bond donors (Lipinski definition) is 1. The van der Waals surface area contributed by atoms with Crippen molar-refractivity contribution in [3.05, 3.63) is 35.9 Å². The molecule has 1 rings (SSSR count). The van der Waals surface area contributed by atoms with Gasteiger partial charge in [-0.3, -0.25) is 0 Å². The Morgan fingerprint density at radius 1 is 1.20 bits per heavy atom. The van der Waals surface area contributed by atoms with E-state index in [9.17, 15) is 8.42 Å². The fourth-order valence-corrected chi connectivity index (χ4v) is 4.34. The van der Waals surface area contributed by atoms with Crippen LogP contribution in [0, 0.1) is 0 Å². The molecule has 5 heteroatoms. The summed E-state index contributed by atoms with van der Waals surface area (Å²) in [4.78, 5) is 0. The number of sulfonamides is 1. The molecule has 1 aromatic rings. The number of nitrogens with zero attached hydrogens (tertiary/aromatic N) is 1. The van der Waals surface area contributed by atoms with Gasteiger partial charge in [0.2, 0.25) is 10.0 Å². The van der Waals surface area contributed by atoms with Crippen molar-refractivity contribution in [3.8, 4) is 0 Å². The van der Waals surface area contributed by atoms with Crippen molar-refractivity contribution in [1.29, 1.82) is 0 Å². The maximum atomic E-state index is 12.7. The van der Waals surface area contributed by atoms with Crippen LogP contribution in [-0.2, 0) is 15.8 Å². The zero-order valence-electron chi connectivity index (χ0n) is 12.7. The maximum absolute atomic E-state index is 12.7. The number of nitrogens with two attached hydrogens (primary N) is 1. The van der Waals surface area contributed by atoms with Gasteiger partial charge in [0, 0.05) is 18.6 Å². The van der Waals surface area contributed by atoms with E-state index in [1.165, 1.54) is 0 Å². The zero-order valence-corrected chi connectivity index (χ0v) is 13.5. The standard InChI is InChI=1S/C15H26N2O2S/c1-4-11-17(15(3,5-2)13-16)20(18,19)12-14-9-7-6-8-10-14/h6-10H,4-5,11-13,16H2,1-3H3. The van der Waals surface area contributed by atoms with Crippen LogP contribution in [0.3, 0.4) is 0 Å². The van der Waals surface area contributed by atoms with Gasteiger partial charge >= 0.3 is 0 Å². The summed E-state index contributed by atoms with van der Waals surface area (Å²) in [6.45, 7) is 6.73. The molecule has 0 amide bonds. The van der Waals surface area contributed by atoms with Crippen molar-refractivity contribution in [2.45, 2.75) is 44.9 Å². The van der Waals surface area contributed by atoms with Crippen LogP contribution in [0.4, 0.5) is 0 Å². The molecule has 20 heavy (non-hydrogen) atoms. The second kappa shape index (κ2) is 7.20. The van der Waals surface area contributed by atoms with Crippen LogP contribution in [0.2, 0.25) is 0 Å². The molecule has 0 heterocycles. The predicted octanol–water partition coefficient (Wildman–Crippen LogP) is 2.36. The van der Waals surface area contributed by atoms with E-state index in [4.69, 9.17) is 5.73 Å². The fourth-order valence-electron chi connectivity index (χ4n) is 2.23. The van der Waals surface area contributed by atoms with E-state index in [1.54, 1.807) is 4.31 Å². The van der Waals surface area contributed by atoms with Crippen LogP contribution in [-0.4, -0.2) is 31.4 Å². The normalized spacial score (nSPS) is 15.2. The molecule has 1 unspecified atom stereocenters. The molecule has 0 fully saturated rings. The highest BCUT2D eigenvalue weighted by Gasteiger charge is 2.36. The number of hydrogen-bond acceptors (Lipinski definition) is 3. The van der Waals surface area contributed by atoms with Crippen molar-refractivity contribution >= 4 is 10.0 Å². The lowest BCUT2D eigenvalue weighted by Crippen LogP contribution is -2.54. The van der Waals surface area contributed by atoms with Gasteiger partial charge in [0.15, 0.2) is 0 Å². The Bertz CT molecular complexity index is 496. The van der Waals surface area contributed by atoms with Gasteiger partial charge in [0.1, 0.15) is 0 Å². The molecule has 114 valence electrons. The molecule has 0 aliphatic carbocycles. The second-order valence-corrected chi connectivity index (χ2v) is 7.26. The van der Waals surface area contributed by atoms with E-state index < -0.39 is 15.6 Å². The highest BCUT2D eigenvalue weighted by atomic mass is 32.2. The molecule has 0 bridgehead atoms. The summed E-state index contributed by atoms with van der Waals surface area (Å²) < 4.78 is 27.0. The molecule has 2 N–H and O–H groups in total. The third-order valence-electron chi connectivity index (χ3n) is 3.76. The van der Waals surface area contributed by atoms with Crippen molar-refractivity contribution in [3.63, 3.8) is 0 Å². The Kier molecular flexibility index (Phi) is 6.17. The molecule has 0 spiro atoms. The zero-order chi connectivity index (χ0) is 15.2. The molecule has 0 saturated carbocycles. The quantitative estimate of drug-likeness (QED) is 0.801. The Morgan fingerprint density at radius 3 is 2.25 bits per heavy atom. The SMILES string of the molecule is CCCN(C(C)(CC)CN)S(=O)(=O)Cc1ccccc1. The number of rotatable bonds is 8. The first kappa shape index (κ1) is 17.1. The minimum Gasteiger partial charge on any atom is -0.329 e. The topological polar surface area (TPSA) is 63.4 Å². The molecule has 1 atom stereocenters. The Labute approximate surface area is 123 Å². The lowest BCUT2D eigenvalue weighted by atomic mass is 9.99. The maximum Gasteiger partial charge on any atom is 0.218 e. The van der Waals surface area contributed by atoms with E-state index in [-0.39, 0.29) is 5.75 Å². The summed E-state index contributed by atoms with van der Waals surface area (Å²) in [6, 6.07) is 9.28. The Morgan fingerprint density at radius 2 is 1.80 bits per heavy atom. The van der Waals surface area contributed by atoms with Crippen molar-refractivity contribution < 1.29 is 8.42 Å². The molecule has 1 aromatic carbocycles. The van der Waals surface area contributed by atoms with E-state index in [0.29, 0.717) is 19.5 Å². The fraction of sp³-hybridized carbons (Fsp3) is 0.600. The van der Waals surface area contributed by atoms with Gasteiger partial charge in [0.25, 0.3) is 0 Å². The van der Waals surface area contributed by atoms with E-state index in [2.05, 4.69) is 0 Å². The van der Waals surface area contributed by atoms with Gasteiger partial charge in [0.05, 0.1) is 5.75 Å². The summed E-state index contributed by atoms with van der Waals surface area (Å²) in [5.74, 6) is 0.0312. The molecule has 0 aliphatic heterocycles. The summed E-state index contributed by atoms with van der Waals surface area (Å²) >= 11 is 0.